The first-order valence-electron chi connectivity index (χ1n) is 6.29. The highest BCUT2D eigenvalue weighted by atomic mass is 16.3. The summed E-state index contributed by atoms with van der Waals surface area (Å²) in [7, 11) is 0. The van der Waals surface area contributed by atoms with E-state index in [9.17, 15) is 9.90 Å². The number of nitrogens with one attached hydrogen (secondary N) is 1. The summed E-state index contributed by atoms with van der Waals surface area (Å²) in [4.78, 5) is 11.7. The lowest BCUT2D eigenvalue weighted by Crippen LogP contribution is -2.55. The predicted octanol–water partition coefficient (Wildman–Crippen LogP) is 1.60. The second-order valence-corrected chi connectivity index (χ2v) is 4.85. The Labute approximate surface area is 112 Å². The molecule has 0 bridgehead atoms. The van der Waals surface area contributed by atoms with E-state index in [2.05, 4.69) is 5.32 Å². The van der Waals surface area contributed by atoms with Gasteiger partial charge < -0.3 is 10.4 Å². The molecule has 0 saturated heterocycles. The molecule has 1 aromatic carbocycles. The third-order valence-corrected chi connectivity index (χ3v) is 3.47. The highest BCUT2D eigenvalue weighted by molar-refractivity contribution is 5.92. The molecule has 4 heteroatoms. The fraction of sp³-hybridized carbons (Fsp3) is 0.333. The van der Waals surface area contributed by atoms with Crippen LogP contribution in [-0.4, -0.2) is 23.2 Å². The van der Waals surface area contributed by atoms with Crippen LogP contribution in [-0.2, 0) is 4.79 Å². The van der Waals surface area contributed by atoms with Crippen molar-refractivity contribution in [2.45, 2.75) is 24.8 Å². The first-order valence-corrected chi connectivity index (χ1v) is 6.29. The maximum Gasteiger partial charge on any atom is 0.244 e. The highest BCUT2D eigenvalue weighted by Gasteiger charge is 2.37. The zero-order chi connectivity index (χ0) is 13.7. The Morgan fingerprint density at radius 2 is 2.11 bits per heavy atom. The molecule has 98 valence electrons. The van der Waals surface area contributed by atoms with Crippen molar-refractivity contribution >= 4 is 12.0 Å². The third kappa shape index (κ3) is 3.21. The Morgan fingerprint density at radius 1 is 1.42 bits per heavy atom. The van der Waals surface area contributed by atoms with Gasteiger partial charge in [-0.25, -0.2) is 0 Å². The fourth-order valence-corrected chi connectivity index (χ4v) is 2.07. The van der Waals surface area contributed by atoms with Crippen molar-refractivity contribution in [2.24, 2.45) is 0 Å². The van der Waals surface area contributed by atoms with Crippen LogP contribution in [0.3, 0.4) is 0 Å². The van der Waals surface area contributed by atoms with Crippen LogP contribution < -0.4 is 5.32 Å². The molecule has 0 aliphatic heterocycles. The number of nitrogens with zero attached hydrogens (tertiary/aromatic N) is 1. The number of amides is 1. The van der Waals surface area contributed by atoms with Crippen molar-refractivity contribution < 1.29 is 9.90 Å². The minimum atomic E-state index is -0.411. The zero-order valence-corrected chi connectivity index (χ0v) is 10.6. The van der Waals surface area contributed by atoms with Crippen LogP contribution in [0, 0.1) is 11.3 Å². The minimum Gasteiger partial charge on any atom is -0.394 e. The Hall–Kier alpha value is -2.12. The van der Waals surface area contributed by atoms with E-state index < -0.39 is 5.54 Å². The summed E-state index contributed by atoms with van der Waals surface area (Å²) in [6.07, 6.45) is 5.86. The fourth-order valence-electron chi connectivity index (χ4n) is 2.07. The zero-order valence-electron chi connectivity index (χ0n) is 10.6. The standard InChI is InChI=1S/C15H16N2O2/c16-10-13-4-2-12(3-5-13)6-7-14(19)17-15(11-18)8-1-9-15/h2-7,18H,1,8-9,11H2,(H,17,19)/b7-6+. The number of aliphatic hydroxyl groups excluding tert-OH is 1. The van der Waals surface area contributed by atoms with E-state index in [0.717, 1.165) is 24.8 Å². The van der Waals surface area contributed by atoms with Crippen LogP contribution in [0.1, 0.15) is 30.4 Å². The third-order valence-electron chi connectivity index (χ3n) is 3.47. The van der Waals surface area contributed by atoms with Gasteiger partial charge in [0.25, 0.3) is 0 Å². The average Bonchev–Trinajstić information content (AvgIpc) is 2.41. The maximum absolute atomic E-state index is 11.7. The van der Waals surface area contributed by atoms with Crippen molar-refractivity contribution in [3.05, 3.63) is 41.5 Å². The average molecular weight is 256 g/mol. The van der Waals surface area contributed by atoms with Gasteiger partial charge in [0, 0.05) is 6.08 Å². The number of hydrogen-bond donors (Lipinski definition) is 2. The molecule has 2 rings (SSSR count). The molecule has 19 heavy (non-hydrogen) atoms. The first-order chi connectivity index (χ1) is 9.17. The lowest BCUT2D eigenvalue weighted by Gasteiger charge is -2.40. The van der Waals surface area contributed by atoms with Crippen LogP contribution in [0.4, 0.5) is 0 Å². The van der Waals surface area contributed by atoms with Gasteiger partial charge in [0.15, 0.2) is 0 Å². The van der Waals surface area contributed by atoms with E-state index in [4.69, 9.17) is 5.26 Å². The van der Waals surface area contributed by atoms with Gasteiger partial charge in [0.05, 0.1) is 23.8 Å². The van der Waals surface area contributed by atoms with E-state index >= 15 is 0 Å². The van der Waals surface area contributed by atoms with Crippen molar-refractivity contribution in [1.82, 2.24) is 5.32 Å². The molecular weight excluding hydrogens is 240 g/mol. The molecule has 0 atom stereocenters. The summed E-state index contributed by atoms with van der Waals surface area (Å²) < 4.78 is 0. The van der Waals surface area contributed by atoms with Gasteiger partial charge in [-0.3, -0.25) is 4.79 Å². The van der Waals surface area contributed by atoms with Crippen molar-refractivity contribution in [1.29, 1.82) is 5.26 Å². The van der Waals surface area contributed by atoms with E-state index in [1.807, 2.05) is 6.07 Å². The molecule has 4 nitrogen and oxygen atoms in total. The van der Waals surface area contributed by atoms with Crippen LogP contribution in [0.5, 0.6) is 0 Å². The topological polar surface area (TPSA) is 73.1 Å². The van der Waals surface area contributed by atoms with E-state index in [1.54, 1.807) is 30.3 Å². The molecule has 1 fully saturated rings. The smallest absolute Gasteiger partial charge is 0.244 e. The maximum atomic E-state index is 11.7. The Balaban J connectivity index is 1.94. The molecule has 1 aliphatic carbocycles. The molecule has 0 heterocycles. The molecule has 1 aromatic rings. The van der Waals surface area contributed by atoms with Gasteiger partial charge in [0.2, 0.25) is 5.91 Å². The van der Waals surface area contributed by atoms with Gasteiger partial charge in [-0.1, -0.05) is 12.1 Å². The van der Waals surface area contributed by atoms with Crippen LogP contribution in [0.25, 0.3) is 6.08 Å². The largest absolute Gasteiger partial charge is 0.394 e. The molecular formula is C15H16N2O2. The van der Waals surface area contributed by atoms with Gasteiger partial charge in [0.1, 0.15) is 0 Å². The molecule has 2 N–H and O–H groups in total. The van der Waals surface area contributed by atoms with Crippen LogP contribution in [0.2, 0.25) is 0 Å². The summed E-state index contributed by atoms with van der Waals surface area (Å²) in [6, 6.07) is 9.03. The monoisotopic (exact) mass is 256 g/mol. The molecule has 1 amide bonds. The van der Waals surface area contributed by atoms with Gasteiger partial charge in [-0.15, -0.1) is 0 Å². The summed E-state index contributed by atoms with van der Waals surface area (Å²) in [5, 5.41) is 20.8. The van der Waals surface area contributed by atoms with Gasteiger partial charge in [-0.05, 0) is 43.0 Å². The number of benzene rings is 1. The summed E-state index contributed by atoms with van der Waals surface area (Å²) >= 11 is 0. The summed E-state index contributed by atoms with van der Waals surface area (Å²) in [5.74, 6) is -0.196. The summed E-state index contributed by atoms with van der Waals surface area (Å²) in [6.45, 7) is -0.0105. The number of rotatable bonds is 4. The Morgan fingerprint density at radius 3 is 2.58 bits per heavy atom. The second kappa shape index (κ2) is 5.68. The molecule has 1 aliphatic rings. The van der Waals surface area contributed by atoms with Crippen molar-refractivity contribution in [3.63, 3.8) is 0 Å². The van der Waals surface area contributed by atoms with Crippen molar-refractivity contribution in [3.8, 4) is 6.07 Å². The summed E-state index contributed by atoms with van der Waals surface area (Å²) in [5.41, 5.74) is 1.04. The normalized spacial score (nSPS) is 16.6. The quantitative estimate of drug-likeness (QED) is 0.804. The SMILES string of the molecule is N#Cc1ccc(/C=C/C(=O)NC2(CO)CCC2)cc1. The van der Waals surface area contributed by atoms with Crippen LogP contribution in [0.15, 0.2) is 30.3 Å². The lowest BCUT2D eigenvalue weighted by atomic mass is 9.77. The molecule has 1 saturated carbocycles. The van der Waals surface area contributed by atoms with Crippen molar-refractivity contribution in [2.75, 3.05) is 6.61 Å². The highest BCUT2D eigenvalue weighted by Crippen LogP contribution is 2.31. The predicted molar refractivity (Wildman–Crippen MR) is 72.0 cm³/mol. The van der Waals surface area contributed by atoms with E-state index in [0.29, 0.717) is 5.56 Å². The molecule has 0 aromatic heterocycles. The Kier molecular flexibility index (Phi) is 3.98. The number of hydrogen-bond acceptors (Lipinski definition) is 3. The minimum absolute atomic E-state index is 0.0105. The second-order valence-electron chi connectivity index (χ2n) is 4.85. The van der Waals surface area contributed by atoms with E-state index in [-0.39, 0.29) is 12.5 Å². The molecule has 0 unspecified atom stereocenters. The first kappa shape index (κ1) is 13.3. The lowest BCUT2D eigenvalue weighted by molar-refractivity contribution is -0.120. The Bertz CT molecular complexity index is 517. The number of carbonyl (C=O) groups is 1. The number of carbonyl (C=O) groups excluding carboxylic acids is 1. The van der Waals surface area contributed by atoms with Crippen LogP contribution >= 0.6 is 0 Å². The number of aliphatic hydroxyl groups is 1. The van der Waals surface area contributed by atoms with E-state index in [1.165, 1.54) is 6.08 Å². The number of nitriles is 1. The molecule has 0 spiro atoms. The van der Waals surface area contributed by atoms with Gasteiger partial charge >= 0.3 is 0 Å². The van der Waals surface area contributed by atoms with Gasteiger partial charge in [-0.2, -0.15) is 5.26 Å². The molecule has 0 radical (unpaired) electrons.